The number of carboxylic acid groups (broad SMARTS) is 1. The molecule has 166 valence electrons. The van der Waals surface area contributed by atoms with E-state index in [0.29, 0.717) is 5.56 Å². The minimum absolute atomic E-state index is 0.0170. The number of fused-ring (bicyclic) bond motifs is 1. The zero-order valence-electron chi connectivity index (χ0n) is 18.6. The van der Waals surface area contributed by atoms with Crippen LogP contribution in [0.15, 0.2) is 41.5 Å². The SMILES string of the molecule is Cc1ccc2[nH]c(=O)c(-c3nccn3CC(C)(C)N3CCN(C)CC3)cc2c1.O=CO. The van der Waals surface area contributed by atoms with Gasteiger partial charge in [0.15, 0.2) is 0 Å². The number of piperazine rings is 1. The number of H-pyrrole nitrogens is 1. The number of aromatic nitrogens is 3. The maximum atomic E-state index is 12.7. The van der Waals surface area contributed by atoms with Gasteiger partial charge in [0.05, 0.1) is 5.56 Å². The van der Waals surface area contributed by atoms with Gasteiger partial charge >= 0.3 is 0 Å². The molecule has 1 aliphatic rings. The second kappa shape index (κ2) is 9.45. The molecule has 2 N–H and O–H groups in total. The predicted molar refractivity (Wildman–Crippen MR) is 122 cm³/mol. The Morgan fingerprint density at radius 2 is 1.87 bits per heavy atom. The summed E-state index contributed by atoms with van der Waals surface area (Å²) in [5.74, 6) is 0.729. The maximum Gasteiger partial charge on any atom is 0.290 e. The van der Waals surface area contributed by atoms with Gasteiger partial charge in [-0.15, -0.1) is 0 Å². The predicted octanol–water partition coefficient (Wildman–Crippen LogP) is 2.43. The summed E-state index contributed by atoms with van der Waals surface area (Å²) in [7, 11) is 2.17. The van der Waals surface area contributed by atoms with Crippen LogP contribution in [0.2, 0.25) is 0 Å². The summed E-state index contributed by atoms with van der Waals surface area (Å²) in [5, 5.41) is 7.92. The van der Waals surface area contributed by atoms with Crippen molar-refractivity contribution >= 4 is 17.4 Å². The van der Waals surface area contributed by atoms with Crippen molar-refractivity contribution in [3.63, 3.8) is 0 Å². The number of hydrogen-bond acceptors (Lipinski definition) is 5. The normalized spacial score (nSPS) is 15.5. The highest BCUT2D eigenvalue weighted by Gasteiger charge is 2.30. The highest BCUT2D eigenvalue weighted by atomic mass is 16.3. The van der Waals surface area contributed by atoms with Crippen molar-refractivity contribution in [2.45, 2.75) is 32.9 Å². The van der Waals surface area contributed by atoms with E-state index >= 15 is 0 Å². The quantitative estimate of drug-likeness (QED) is 0.624. The van der Waals surface area contributed by atoms with Gasteiger partial charge in [0.2, 0.25) is 0 Å². The molecular formula is C23H31N5O3. The van der Waals surface area contributed by atoms with Crippen molar-refractivity contribution in [1.82, 2.24) is 24.3 Å². The summed E-state index contributed by atoms with van der Waals surface area (Å²) in [6.45, 7) is 11.4. The van der Waals surface area contributed by atoms with E-state index in [4.69, 9.17) is 9.90 Å². The minimum Gasteiger partial charge on any atom is -0.483 e. The van der Waals surface area contributed by atoms with E-state index in [-0.39, 0.29) is 17.6 Å². The van der Waals surface area contributed by atoms with Crippen LogP contribution in [-0.2, 0) is 11.3 Å². The Balaban J connectivity index is 0.000000858. The second-order valence-electron chi connectivity index (χ2n) is 8.69. The van der Waals surface area contributed by atoms with E-state index in [1.54, 1.807) is 6.20 Å². The second-order valence-corrected chi connectivity index (χ2v) is 8.69. The number of carbonyl (C=O) groups is 1. The fraction of sp³-hybridized carbons (Fsp3) is 0.435. The first-order valence-corrected chi connectivity index (χ1v) is 10.4. The molecule has 1 aromatic carbocycles. The summed E-state index contributed by atoms with van der Waals surface area (Å²) in [5.41, 5.74) is 2.54. The molecule has 1 fully saturated rings. The molecule has 0 spiro atoms. The van der Waals surface area contributed by atoms with Crippen molar-refractivity contribution in [1.29, 1.82) is 0 Å². The van der Waals surface area contributed by atoms with Gasteiger partial charge in [0.1, 0.15) is 5.82 Å². The number of nitrogens with zero attached hydrogens (tertiary/aromatic N) is 4. The zero-order valence-corrected chi connectivity index (χ0v) is 18.6. The van der Waals surface area contributed by atoms with E-state index in [0.717, 1.165) is 49.5 Å². The van der Waals surface area contributed by atoms with Crippen LogP contribution in [0.4, 0.5) is 0 Å². The minimum atomic E-state index is -0.250. The average molecular weight is 426 g/mol. The lowest BCUT2D eigenvalue weighted by Crippen LogP contribution is -2.55. The molecule has 3 heterocycles. The monoisotopic (exact) mass is 425 g/mol. The maximum absolute atomic E-state index is 12.7. The third kappa shape index (κ3) is 5.21. The molecule has 8 heteroatoms. The lowest BCUT2D eigenvalue weighted by atomic mass is 10.0. The summed E-state index contributed by atoms with van der Waals surface area (Å²) < 4.78 is 2.12. The molecule has 0 bridgehead atoms. The Hall–Kier alpha value is -2.97. The first kappa shape index (κ1) is 22.7. The van der Waals surface area contributed by atoms with Crippen molar-refractivity contribution in [3.05, 3.63) is 52.6 Å². The van der Waals surface area contributed by atoms with Crippen LogP contribution >= 0.6 is 0 Å². The summed E-state index contributed by atoms with van der Waals surface area (Å²) in [6.07, 6.45) is 3.77. The fourth-order valence-electron chi connectivity index (χ4n) is 4.10. The van der Waals surface area contributed by atoms with Gasteiger partial charge in [0, 0.05) is 56.2 Å². The number of rotatable bonds is 4. The third-order valence-corrected chi connectivity index (χ3v) is 5.87. The van der Waals surface area contributed by atoms with Gasteiger partial charge in [-0.25, -0.2) is 4.98 Å². The molecule has 31 heavy (non-hydrogen) atoms. The highest BCUT2D eigenvalue weighted by molar-refractivity contribution is 5.83. The van der Waals surface area contributed by atoms with Crippen molar-refractivity contribution in [3.8, 4) is 11.4 Å². The Kier molecular flexibility index (Phi) is 6.92. The topological polar surface area (TPSA) is 94.5 Å². The number of aryl methyl sites for hydroxylation is 1. The number of nitrogens with one attached hydrogen (secondary N) is 1. The Morgan fingerprint density at radius 3 is 2.55 bits per heavy atom. The van der Waals surface area contributed by atoms with Crippen LogP contribution in [0.3, 0.4) is 0 Å². The van der Waals surface area contributed by atoms with E-state index in [9.17, 15) is 4.79 Å². The Morgan fingerprint density at radius 1 is 1.19 bits per heavy atom. The molecule has 0 unspecified atom stereocenters. The molecular weight excluding hydrogens is 394 g/mol. The molecule has 3 aromatic rings. The van der Waals surface area contributed by atoms with Crippen molar-refractivity contribution < 1.29 is 9.90 Å². The molecule has 0 atom stereocenters. The number of likely N-dealkylation sites (N-methyl/N-ethyl adjacent to an activating group) is 1. The molecule has 2 aromatic heterocycles. The van der Waals surface area contributed by atoms with Crippen molar-refractivity contribution in [2.24, 2.45) is 0 Å². The molecule has 0 radical (unpaired) electrons. The Labute approximate surface area is 182 Å². The first-order chi connectivity index (χ1) is 14.7. The zero-order chi connectivity index (χ0) is 22.6. The Bertz CT molecular complexity index is 1090. The molecule has 0 aliphatic carbocycles. The van der Waals surface area contributed by atoms with Crippen LogP contribution in [-0.4, -0.2) is 74.7 Å². The van der Waals surface area contributed by atoms with Crippen LogP contribution in [0.1, 0.15) is 19.4 Å². The molecule has 0 amide bonds. The van der Waals surface area contributed by atoms with Gasteiger partial charge < -0.3 is 19.6 Å². The van der Waals surface area contributed by atoms with Crippen LogP contribution in [0.5, 0.6) is 0 Å². The summed E-state index contributed by atoms with van der Waals surface area (Å²) in [6, 6.07) is 8.02. The van der Waals surface area contributed by atoms with E-state index in [1.165, 1.54) is 5.56 Å². The number of imidazole rings is 1. The number of hydrogen-bond donors (Lipinski definition) is 2. The van der Waals surface area contributed by atoms with E-state index in [2.05, 4.69) is 58.2 Å². The lowest BCUT2D eigenvalue weighted by molar-refractivity contribution is -0.122. The van der Waals surface area contributed by atoms with Crippen molar-refractivity contribution in [2.75, 3.05) is 33.2 Å². The molecule has 4 rings (SSSR count). The standard InChI is InChI=1S/C22H29N5O.CH2O2/c1-16-5-6-19-17(13-16)14-18(21(28)24-19)20-23-7-8-26(20)15-22(2,3)27-11-9-25(4)10-12-27;2-1-3/h5-8,13-14H,9-12,15H2,1-4H3,(H,24,28);1H,(H,2,3). The lowest BCUT2D eigenvalue weighted by Gasteiger charge is -2.43. The summed E-state index contributed by atoms with van der Waals surface area (Å²) in [4.78, 5) is 33.5. The fourth-order valence-corrected chi connectivity index (χ4v) is 4.10. The van der Waals surface area contributed by atoms with Gasteiger partial charge in [0.25, 0.3) is 12.0 Å². The molecule has 1 saturated heterocycles. The van der Waals surface area contributed by atoms with Gasteiger partial charge in [-0.2, -0.15) is 0 Å². The van der Waals surface area contributed by atoms with Crippen LogP contribution in [0, 0.1) is 6.92 Å². The largest absolute Gasteiger partial charge is 0.483 e. The van der Waals surface area contributed by atoms with Crippen LogP contribution < -0.4 is 5.56 Å². The first-order valence-electron chi connectivity index (χ1n) is 10.4. The van der Waals surface area contributed by atoms with Gasteiger partial charge in [-0.3, -0.25) is 14.5 Å². The highest BCUT2D eigenvalue weighted by Crippen LogP contribution is 2.24. The van der Waals surface area contributed by atoms with E-state index in [1.807, 2.05) is 24.4 Å². The van der Waals surface area contributed by atoms with E-state index < -0.39 is 0 Å². The molecule has 8 nitrogen and oxygen atoms in total. The van der Waals surface area contributed by atoms with Gasteiger partial charge in [-0.1, -0.05) is 11.6 Å². The average Bonchev–Trinajstić information content (AvgIpc) is 3.16. The molecule has 0 saturated carbocycles. The third-order valence-electron chi connectivity index (χ3n) is 5.87. The number of benzene rings is 1. The van der Waals surface area contributed by atoms with Gasteiger partial charge in [-0.05, 0) is 51.4 Å². The van der Waals surface area contributed by atoms with Crippen LogP contribution in [0.25, 0.3) is 22.3 Å². The molecule has 1 aliphatic heterocycles. The number of aromatic amines is 1. The smallest absolute Gasteiger partial charge is 0.290 e. The summed E-state index contributed by atoms with van der Waals surface area (Å²) >= 11 is 0. The number of pyridine rings is 1.